The van der Waals surface area contributed by atoms with E-state index in [1.807, 2.05) is 43.0 Å². The first-order valence-corrected chi connectivity index (χ1v) is 8.51. The maximum atomic E-state index is 5.86. The smallest absolute Gasteiger partial charge is 0.134 e. The van der Waals surface area contributed by atoms with Gasteiger partial charge in [-0.15, -0.1) is 0 Å². The van der Waals surface area contributed by atoms with Gasteiger partial charge in [0.25, 0.3) is 0 Å². The van der Waals surface area contributed by atoms with Crippen LogP contribution in [0.2, 0.25) is 0 Å². The maximum absolute atomic E-state index is 5.86. The van der Waals surface area contributed by atoms with Crippen molar-refractivity contribution in [3.05, 3.63) is 66.4 Å². The van der Waals surface area contributed by atoms with Crippen molar-refractivity contribution in [2.24, 2.45) is 16.3 Å². The molecule has 4 nitrogen and oxygen atoms in total. The van der Waals surface area contributed by atoms with Gasteiger partial charge >= 0.3 is 0 Å². The number of ether oxygens (including phenoxy) is 1. The van der Waals surface area contributed by atoms with Crippen LogP contribution in [0, 0.1) is 11.3 Å². The molecule has 0 N–H and O–H groups in total. The van der Waals surface area contributed by atoms with E-state index in [1.54, 1.807) is 0 Å². The number of allylic oxidation sites excluding steroid dienone is 1. The van der Waals surface area contributed by atoms with Crippen LogP contribution in [0.1, 0.15) is 31.7 Å². The second-order valence-corrected chi connectivity index (χ2v) is 6.69. The lowest BCUT2D eigenvalue weighted by Crippen LogP contribution is -2.32. The largest absolute Gasteiger partial charge is 0.369 e. The zero-order valence-corrected chi connectivity index (χ0v) is 14.4. The van der Waals surface area contributed by atoms with Crippen LogP contribution >= 0.6 is 0 Å². The van der Waals surface area contributed by atoms with Crippen molar-refractivity contribution in [3.63, 3.8) is 0 Å². The summed E-state index contributed by atoms with van der Waals surface area (Å²) >= 11 is 0. The van der Waals surface area contributed by atoms with Gasteiger partial charge in [0.1, 0.15) is 12.4 Å². The highest BCUT2D eigenvalue weighted by Crippen LogP contribution is 2.36. The maximum Gasteiger partial charge on any atom is 0.134 e. The van der Waals surface area contributed by atoms with Crippen LogP contribution < -0.4 is 0 Å². The average Bonchev–Trinajstić information content (AvgIpc) is 3.03. The fourth-order valence-electron chi connectivity index (χ4n) is 3.05. The van der Waals surface area contributed by atoms with Crippen LogP contribution in [-0.4, -0.2) is 15.8 Å². The van der Waals surface area contributed by atoms with Crippen molar-refractivity contribution in [1.82, 2.24) is 9.55 Å². The van der Waals surface area contributed by atoms with E-state index in [0.29, 0.717) is 19.1 Å². The average molecular weight is 323 g/mol. The zero-order valence-electron chi connectivity index (χ0n) is 14.4. The zero-order chi connectivity index (χ0) is 16.8. The van der Waals surface area contributed by atoms with E-state index in [0.717, 1.165) is 18.8 Å². The number of aliphatic imine (C=N–C) groups is 1. The predicted molar refractivity (Wildman–Crippen MR) is 96.7 cm³/mol. The molecule has 0 saturated heterocycles. The summed E-state index contributed by atoms with van der Waals surface area (Å²) in [5, 5.41) is 0. The van der Waals surface area contributed by atoms with Gasteiger partial charge in [0, 0.05) is 36.8 Å². The minimum Gasteiger partial charge on any atom is -0.369 e. The normalized spacial score (nSPS) is 20.0. The van der Waals surface area contributed by atoms with Gasteiger partial charge in [-0.1, -0.05) is 50.3 Å². The molecule has 4 heteroatoms. The summed E-state index contributed by atoms with van der Waals surface area (Å²) in [6.45, 7) is 6.57. The molecule has 24 heavy (non-hydrogen) atoms. The number of benzene rings is 1. The van der Waals surface area contributed by atoms with Gasteiger partial charge in [-0.25, -0.2) is 4.98 Å². The van der Waals surface area contributed by atoms with Crippen LogP contribution in [0.25, 0.3) is 0 Å². The number of rotatable bonds is 7. The molecule has 2 heterocycles. The summed E-state index contributed by atoms with van der Waals surface area (Å²) in [6, 6.07) is 10.2. The first-order chi connectivity index (χ1) is 11.7. The van der Waals surface area contributed by atoms with E-state index in [-0.39, 0.29) is 5.41 Å². The Labute approximate surface area is 143 Å². The fraction of sp³-hybridized carbons (Fsp3) is 0.400. The molecule has 3 rings (SSSR count). The molecule has 1 aromatic carbocycles. The summed E-state index contributed by atoms with van der Waals surface area (Å²) in [4.78, 5) is 8.72. The molecule has 126 valence electrons. The Balaban J connectivity index is 1.64. The Morgan fingerprint density at radius 2 is 2.04 bits per heavy atom. The van der Waals surface area contributed by atoms with Crippen LogP contribution in [0.5, 0.6) is 0 Å². The lowest BCUT2D eigenvalue weighted by Gasteiger charge is -2.35. The molecule has 1 aromatic heterocycles. The predicted octanol–water partition coefficient (Wildman–Crippen LogP) is 4.23. The Morgan fingerprint density at radius 3 is 2.75 bits per heavy atom. The molecule has 1 aliphatic heterocycles. The Morgan fingerprint density at radius 1 is 1.21 bits per heavy atom. The van der Waals surface area contributed by atoms with Crippen LogP contribution in [0.3, 0.4) is 0 Å². The Bertz CT molecular complexity index is 703. The Kier molecular flexibility index (Phi) is 5.26. The first kappa shape index (κ1) is 16.7. The highest BCUT2D eigenvalue weighted by atomic mass is 16.5. The first-order valence-electron chi connectivity index (χ1n) is 8.51. The molecule has 0 aliphatic carbocycles. The molecule has 2 aromatic rings. The van der Waals surface area contributed by atoms with Crippen LogP contribution in [-0.2, 0) is 24.5 Å². The third-order valence-corrected chi connectivity index (χ3v) is 4.83. The SMILES string of the molecule is CC(C)C1(Cn2ccnc2COCc2ccccc2)C=CN=CC1. The Hall–Kier alpha value is -2.20. The standard InChI is InChI=1S/C20H25N3O/c1-17(2)20(8-10-21-11-9-20)16-23-13-12-22-19(23)15-24-14-18-6-4-3-5-7-18/h3-8,10-13,17H,9,14-16H2,1-2H3. The highest BCUT2D eigenvalue weighted by molar-refractivity contribution is 5.61. The van der Waals surface area contributed by atoms with E-state index < -0.39 is 0 Å². The molecule has 0 fully saturated rings. The van der Waals surface area contributed by atoms with Gasteiger partial charge in [-0.2, -0.15) is 0 Å². The van der Waals surface area contributed by atoms with Gasteiger partial charge in [-0.3, -0.25) is 4.99 Å². The topological polar surface area (TPSA) is 39.4 Å². The number of imidazole rings is 1. The summed E-state index contributed by atoms with van der Waals surface area (Å²) in [5.41, 5.74) is 1.28. The summed E-state index contributed by atoms with van der Waals surface area (Å²) in [6.07, 6.45) is 11.0. The monoisotopic (exact) mass is 323 g/mol. The van der Waals surface area contributed by atoms with Crippen molar-refractivity contribution in [2.75, 3.05) is 0 Å². The molecule has 0 saturated carbocycles. The number of aromatic nitrogens is 2. The van der Waals surface area contributed by atoms with Gasteiger partial charge in [0.2, 0.25) is 0 Å². The quantitative estimate of drug-likeness (QED) is 0.765. The van der Waals surface area contributed by atoms with Crippen molar-refractivity contribution < 1.29 is 4.74 Å². The van der Waals surface area contributed by atoms with Gasteiger partial charge in [0.05, 0.1) is 6.61 Å². The molecular weight excluding hydrogens is 298 g/mol. The van der Waals surface area contributed by atoms with Gasteiger partial charge in [-0.05, 0) is 17.9 Å². The van der Waals surface area contributed by atoms with Crippen LogP contribution in [0.4, 0.5) is 0 Å². The summed E-state index contributed by atoms with van der Waals surface area (Å²) < 4.78 is 8.08. The minimum absolute atomic E-state index is 0.0939. The highest BCUT2D eigenvalue weighted by Gasteiger charge is 2.32. The molecule has 0 bridgehead atoms. The summed E-state index contributed by atoms with van der Waals surface area (Å²) in [5.74, 6) is 1.50. The number of hydrogen-bond acceptors (Lipinski definition) is 3. The van der Waals surface area contributed by atoms with Crippen molar-refractivity contribution in [2.45, 2.75) is 40.0 Å². The van der Waals surface area contributed by atoms with E-state index in [1.165, 1.54) is 5.56 Å². The number of hydrogen-bond donors (Lipinski definition) is 0. The number of nitrogens with zero attached hydrogens (tertiary/aromatic N) is 3. The molecule has 0 spiro atoms. The molecule has 1 aliphatic rings. The molecule has 0 amide bonds. The second-order valence-electron chi connectivity index (χ2n) is 6.69. The van der Waals surface area contributed by atoms with Crippen molar-refractivity contribution in [1.29, 1.82) is 0 Å². The van der Waals surface area contributed by atoms with E-state index in [2.05, 4.69) is 46.6 Å². The van der Waals surface area contributed by atoms with Crippen molar-refractivity contribution in [3.8, 4) is 0 Å². The van der Waals surface area contributed by atoms with Gasteiger partial charge in [0.15, 0.2) is 0 Å². The third-order valence-electron chi connectivity index (χ3n) is 4.83. The minimum atomic E-state index is 0.0939. The molecular formula is C20H25N3O. The lowest BCUT2D eigenvalue weighted by atomic mass is 9.74. The molecule has 0 radical (unpaired) electrons. The fourth-order valence-corrected chi connectivity index (χ4v) is 3.05. The summed E-state index contributed by atoms with van der Waals surface area (Å²) in [7, 11) is 0. The van der Waals surface area contributed by atoms with E-state index in [9.17, 15) is 0 Å². The lowest BCUT2D eigenvalue weighted by molar-refractivity contribution is 0.0967. The van der Waals surface area contributed by atoms with Crippen molar-refractivity contribution >= 4 is 6.21 Å². The van der Waals surface area contributed by atoms with Gasteiger partial charge < -0.3 is 9.30 Å². The van der Waals surface area contributed by atoms with E-state index >= 15 is 0 Å². The molecule has 1 atom stereocenters. The van der Waals surface area contributed by atoms with Crippen LogP contribution in [0.15, 0.2) is 60.0 Å². The second kappa shape index (κ2) is 7.58. The third kappa shape index (κ3) is 3.82. The molecule has 1 unspecified atom stereocenters. The van der Waals surface area contributed by atoms with E-state index in [4.69, 9.17) is 4.74 Å².